The molecular weight excluding hydrogens is 611 g/mol. The van der Waals surface area contributed by atoms with Gasteiger partial charge in [0.1, 0.15) is 19.0 Å². The van der Waals surface area contributed by atoms with Crippen molar-refractivity contribution in [3.05, 3.63) is 59.5 Å². The molecule has 1 atom stereocenters. The van der Waals surface area contributed by atoms with Crippen LogP contribution in [0.25, 0.3) is 11.2 Å². The zero-order valence-electron chi connectivity index (χ0n) is 24.0. The van der Waals surface area contributed by atoms with Crippen LogP contribution in [0, 0.1) is 5.92 Å². The van der Waals surface area contributed by atoms with E-state index in [1.807, 2.05) is 5.32 Å². The van der Waals surface area contributed by atoms with E-state index in [1.165, 1.54) is 12.1 Å². The van der Waals surface area contributed by atoms with Gasteiger partial charge in [-0.3, -0.25) is 4.79 Å². The number of rotatable bonds is 8. The van der Waals surface area contributed by atoms with E-state index < -0.39 is 92.5 Å². The molecule has 3 N–H and O–H groups in total. The lowest BCUT2D eigenvalue weighted by Crippen LogP contribution is -2.50. The largest absolute Gasteiger partial charge is 0.445 e. The summed E-state index contributed by atoms with van der Waals surface area (Å²) in [4.78, 5) is 37.9. The van der Waals surface area contributed by atoms with Crippen LogP contribution < -0.4 is 10.6 Å². The second kappa shape index (κ2) is 12.5. The van der Waals surface area contributed by atoms with Crippen molar-refractivity contribution in [3.63, 3.8) is 0 Å². The number of halogens is 7. The van der Waals surface area contributed by atoms with Crippen molar-refractivity contribution in [2.24, 2.45) is 5.92 Å². The molecule has 5 rings (SSSR count). The highest BCUT2D eigenvalue weighted by Crippen LogP contribution is 2.46. The average Bonchev–Trinajstić information content (AvgIpc) is 3.41. The highest BCUT2D eigenvalue weighted by atomic mass is 19.4. The average molecular weight is 644 g/mol. The van der Waals surface area contributed by atoms with E-state index in [2.05, 4.69) is 20.3 Å². The minimum Gasteiger partial charge on any atom is -0.445 e. The molecule has 15 heteroatoms. The number of alkyl carbamates (subject to hydrolysis) is 1. The molecule has 0 radical (unpaired) electrons. The van der Waals surface area contributed by atoms with Crippen LogP contribution in [0.15, 0.2) is 42.5 Å². The Bertz CT molecular complexity index is 1490. The van der Waals surface area contributed by atoms with Crippen LogP contribution in [0.5, 0.6) is 0 Å². The molecule has 8 nitrogen and oxygen atoms in total. The number of nitrogens with one attached hydrogen (secondary N) is 3. The molecule has 2 aliphatic rings. The van der Waals surface area contributed by atoms with E-state index in [0.29, 0.717) is 5.52 Å². The van der Waals surface area contributed by atoms with Gasteiger partial charge in [-0.05, 0) is 49.3 Å². The maximum absolute atomic E-state index is 14.1. The molecule has 0 spiro atoms. The smallest absolute Gasteiger partial charge is 0.408 e. The highest BCUT2D eigenvalue weighted by molar-refractivity contribution is 5.88. The van der Waals surface area contributed by atoms with Crippen molar-refractivity contribution in [1.82, 2.24) is 25.6 Å². The maximum atomic E-state index is 14.1. The number of hydrogen-bond donors (Lipinski definition) is 3. The van der Waals surface area contributed by atoms with E-state index in [1.54, 1.807) is 30.3 Å². The fraction of sp³-hybridized carbons (Fsp3) is 0.533. The van der Waals surface area contributed by atoms with Gasteiger partial charge in [0, 0.05) is 25.7 Å². The number of benzene rings is 1. The van der Waals surface area contributed by atoms with Gasteiger partial charge < -0.3 is 20.4 Å². The van der Waals surface area contributed by atoms with Crippen LogP contribution >= 0.6 is 0 Å². The molecule has 3 aromatic rings. The third-order valence-electron chi connectivity index (χ3n) is 8.59. The Morgan fingerprint density at radius 1 is 0.911 bits per heavy atom. The molecule has 2 amide bonds. The van der Waals surface area contributed by atoms with Crippen molar-refractivity contribution in [2.75, 3.05) is 6.54 Å². The van der Waals surface area contributed by atoms with E-state index in [9.17, 15) is 40.3 Å². The monoisotopic (exact) mass is 643 g/mol. The van der Waals surface area contributed by atoms with Gasteiger partial charge in [-0.15, -0.1) is 0 Å². The van der Waals surface area contributed by atoms with Gasteiger partial charge in [0.25, 0.3) is 0 Å². The number of H-pyrrole nitrogens is 1. The van der Waals surface area contributed by atoms with Crippen LogP contribution in [-0.2, 0) is 21.6 Å². The van der Waals surface area contributed by atoms with Crippen LogP contribution in [-0.4, -0.2) is 51.5 Å². The number of fused-ring (bicyclic) bond motifs is 1. The van der Waals surface area contributed by atoms with Gasteiger partial charge in [0.2, 0.25) is 17.8 Å². The van der Waals surface area contributed by atoms with Crippen LogP contribution in [0.1, 0.15) is 74.5 Å². The number of aromatic amines is 1. The summed E-state index contributed by atoms with van der Waals surface area (Å²) in [5, 5.41) is 4.55. The van der Waals surface area contributed by atoms with Gasteiger partial charge in [-0.1, -0.05) is 30.3 Å². The molecule has 2 heterocycles. The molecule has 1 unspecified atom stereocenters. The second-order valence-corrected chi connectivity index (χ2v) is 11.8. The molecule has 2 aromatic heterocycles. The molecule has 0 bridgehead atoms. The number of pyridine rings is 1. The second-order valence-electron chi connectivity index (χ2n) is 11.8. The first-order valence-corrected chi connectivity index (χ1v) is 14.6. The zero-order valence-corrected chi connectivity index (χ0v) is 24.0. The molecule has 45 heavy (non-hydrogen) atoms. The maximum Gasteiger partial charge on any atom is 0.408 e. The van der Waals surface area contributed by atoms with E-state index in [4.69, 9.17) is 4.74 Å². The van der Waals surface area contributed by atoms with Gasteiger partial charge in [-0.25, -0.2) is 32.3 Å². The van der Waals surface area contributed by atoms with E-state index in [0.717, 1.165) is 5.56 Å². The summed E-state index contributed by atoms with van der Waals surface area (Å²) in [5.41, 5.74) is -0.698. The Balaban J connectivity index is 1.43. The Morgan fingerprint density at radius 3 is 2.20 bits per heavy atom. The van der Waals surface area contributed by atoms with E-state index >= 15 is 0 Å². The van der Waals surface area contributed by atoms with Crippen LogP contribution in [0.4, 0.5) is 35.5 Å². The van der Waals surface area contributed by atoms with Gasteiger partial charge in [0.05, 0.1) is 22.7 Å². The van der Waals surface area contributed by atoms with Crippen molar-refractivity contribution in [2.45, 2.75) is 87.5 Å². The third-order valence-corrected chi connectivity index (χ3v) is 8.59. The summed E-state index contributed by atoms with van der Waals surface area (Å²) in [6, 6.07) is 10.8. The number of carbonyl (C=O) groups excluding carboxylic acids is 2. The molecule has 0 aliphatic heterocycles. The SMILES string of the molecule is O=C(NC(c1nc2nc(C3(C(=O)NCC(F)(F)F)CCC(F)(F)CC3)ccc2[nH]1)C1CCC(F)(F)CC1)OCc1ccccc1. The summed E-state index contributed by atoms with van der Waals surface area (Å²) < 4.78 is 100. The summed E-state index contributed by atoms with van der Waals surface area (Å²) in [7, 11) is 0. The summed E-state index contributed by atoms with van der Waals surface area (Å²) in [6.07, 6.45) is -8.47. The molecule has 2 saturated carbocycles. The first-order chi connectivity index (χ1) is 21.1. The van der Waals surface area contributed by atoms with Gasteiger partial charge >= 0.3 is 12.3 Å². The first kappa shape index (κ1) is 32.5. The standard InChI is InChI=1S/C30H32F7N5O3/c31-28(32)10-8-19(9-11-28)22(41-26(44)45-16-18-4-2-1-3-5-18)24-39-20-6-7-21(40-23(20)42-24)27(12-14-29(33,34)15-13-27)25(43)38-17-30(35,36)37/h1-7,19,22H,8-17H2,(H,38,43)(H,41,44)(H,39,40,42). The van der Waals surface area contributed by atoms with Crippen LogP contribution in [0.3, 0.4) is 0 Å². The fourth-order valence-electron chi connectivity index (χ4n) is 6.01. The minimum atomic E-state index is -4.71. The summed E-state index contributed by atoms with van der Waals surface area (Å²) >= 11 is 0. The normalized spacial score (nSPS) is 20.3. The molecule has 2 aliphatic carbocycles. The van der Waals surface area contributed by atoms with E-state index in [-0.39, 0.29) is 36.6 Å². The Morgan fingerprint density at radius 2 is 1.56 bits per heavy atom. The third kappa shape index (κ3) is 7.85. The lowest BCUT2D eigenvalue weighted by molar-refractivity contribution is -0.145. The number of ether oxygens (including phenoxy) is 1. The lowest BCUT2D eigenvalue weighted by atomic mass is 9.69. The molecule has 244 valence electrons. The zero-order chi connectivity index (χ0) is 32.5. The molecule has 2 fully saturated rings. The lowest BCUT2D eigenvalue weighted by Gasteiger charge is -2.38. The number of imidazole rings is 1. The predicted molar refractivity (Wildman–Crippen MR) is 147 cm³/mol. The molecule has 0 saturated heterocycles. The van der Waals surface area contributed by atoms with Crippen molar-refractivity contribution in [3.8, 4) is 0 Å². The molecular formula is C30H32F7N5O3. The van der Waals surface area contributed by atoms with Gasteiger partial charge in [0.15, 0.2) is 5.65 Å². The van der Waals surface area contributed by atoms with Crippen LogP contribution in [0.2, 0.25) is 0 Å². The minimum absolute atomic E-state index is 0.0210. The number of carbonyl (C=O) groups is 2. The fourth-order valence-corrected chi connectivity index (χ4v) is 6.01. The van der Waals surface area contributed by atoms with Crippen molar-refractivity contribution >= 4 is 23.2 Å². The molecule has 1 aromatic carbocycles. The Labute approximate surface area is 253 Å². The van der Waals surface area contributed by atoms with Crippen molar-refractivity contribution < 1.29 is 45.1 Å². The number of aromatic nitrogens is 3. The number of alkyl halides is 7. The summed E-state index contributed by atoms with van der Waals surface area (Å²) in [5.74, 6) is -7.26. The number of hydrogen-bond acceptors (Lipinski definition) is 5. The topological polar surface area (TPSA) is 109 Å². The highest BCUT2D eigenvalue weighted by Gasteiger charge is 2.50. The first-order valence-electron chi connectivity index (χ1n) is 14.6. The Hall–Kier alpha value is -3.91. The van der Waals surface area contributed by atoms with Crippen molar-refractivity contribution in [1.29, 1.82) is 0 Å². The summed E-state index contributed by atoms with van der Waals surface area (Å²) in [6.45, 7) is -1.67. The number of nitrogens with zero attached hydrogens (tertiary/aromatic N) is 2. The number of amides is 2. The predicted octanol–water partition coefficient (Wildman–Crippen LogP) is 6.88. The quantitative estimate of drug-likeness (QED) is 0.232. The Kier molecular flexibility index (Phi) is 9.00. The van der Waals surface area contributed by atoms with Gasteiger partial charge in [-0.2, -0.15) is 13.2 Å².